The van der Waals surface area contributed by atoms with Crippen LogP contribution in [0.2, 0.25) is 0 Å². The molecule has 0 saturated heterocycles. The Labute approximate surface area is 112 Å². The minimum Gasteiger partial charge on any atom is -0.398 e. The van der Waals surface area contributed by atoms with Crippen LogP contribution in [0, 0.1) is 0 Å². The molecular weight excluding hydrogens is 301 g/mol. The highest BCUT2D eigenvalue weighted by molar-refractivity contribution is 8.03. The number of sulfonamides is 1. The zero-order chi connectivity index (χ0) is 14.8. The van der Waals surface area contributed by atoms with Gasteiger partial charge in [0.2, 0.25) is 0 Å². The molecule has 0 aliphatic carbocycles. The molecule has 106 valence electrons. The van der Waals surface area contributed by atoms with E-state index in [2.05, 4.69) is 6.58 Å². The third-order valence-corrected chi connectivity index (χ3v) is 3.89. The van der Waals surface area contributed by atoms with Crippen molar-refractivity contribution in [1.29, 1.82) is 0 Å². The molecule has 9 heteroatoms. The Kier molecular flexibility index (Phi) is 4.41. The number of halogens is 3. The molecule has 0 saturated carbocycles. The summed E-state index contributed by atoms with van der Waals surface area (Å²) in [6, 6.07) is 3.69. The van der Waals surface area contributed by atoms with Crippen LogP contribution < -0.4 is 10.5 Å². The molecule has 0 aliphatic heterocycles. The molecule has 3 N–H and O–H groups in total. The van der Waals surface area contributed by atoms with Gasteiger partial charge in [-0.1, -0.05) is 18.3 Å². The van der Waals surface area contributed by atoms with E-state index in [0.717, 1.165) is 17.8 Å². The summed E-state index contributed by atoms with van der Waals surface area (Å²) in [4.78, 5) is 1.09. The second-order valence-electron chi connectivity index (χ2n) is 3.61. The van der Waals surface area contributed by atoms with Crippen molar-refractivity contribution in [1.82, 2.24) is 0 Å². The monoisotopic (exact) mass is 312 g/mol. The van der Waals surface area contributed by atoms with Crippen molar-refractivity contribution >= 4 is 33.2 Å². The van der Waals surface area contributed by atoms with E-state index in [1.807, 2.05) is 0 Å². The fraction of sp³-hybridized carbons (Fsp3) is 0.200. The summed E-state index contributed by atoms with van der Waals surface area (Å²) < 4.78 is 60.0. The average Bonchev–Trinajstić information content (AvgIpc) is 2.20. The third kappa shape index (κ3) is 4.06. The molecule has 0 heterocycles. The molecule has 0 spiro atoms. The van der Waals surface area contributed by atoms with Gasteiger partial charge in [-0.15, -0.1) is 0 Å². The molecular formula is C10H11F3N2O2S2. The molecule has 0 aliphatic rings. The Bertz CT molecular complexity index is 597. The van der Waals surface area contributed by atoms with Crippen LogP contribution >= 0.6 is 11.8 Å². The van der Waals surface area contributed by atoms with E-state index in [1.54, 1.807) is 6.92 Å². The quantitative estimate of drug-likeness (QED) is 0.662. The van der Waals surface area contributed by atoms with E-state index >= 15 is 0 Å². The highest BCUT2D eigenvalue weighted by Gasteiger charge is 2.46. The molecule has 1 rings (SSSR count). The number of rotatable bonds is 4. The molecule has 19 heavy (non-hydrogen) atoms. The van der Waals surface area contributed by atoms with Gasteiger partial charge in [0.05, 0.1) is 5.69 Å². The molecule has 1 aromatic carbocycles. The summed E-state index contributed by atoms with van der Waals surface area (Å²) >= 11 is 1.14. The van der Waals surface area contributed by atoms with E-state index in [1.165, 1.54) is 16.9 Å². The molecule has 1 aromatic rings. The van der Waals surface area contributed by atoms with E-state index in [9.17, 15) is 21.6 Å². The standard InChI is InChI=1S/C10H11F3N2O2S2/c1-6(2)18-9-5-7(3-4-8(9)14)15-19(16,17)10(11,12)13/h3-5,15H,1,14H2,2H3. The molecule has 0 bridgehead atoms. The van der Waals surface area contributed by atoms with Gasteiger partial charge in [0.15, 0.2) is 0 Å². The number of thioether (sulfide) groups is 1. The zero-order valence-corrected chi connectivity index (χ0v) is 11.4. The van der Waals surface area contributed by atoms with Crippen molar-refractivity contribution in [2.45, 2.75) is 17.3 Å². The van der Waals surface area contributed by atoms with Crippen molar-refractivity contribution in [3.63, 3.8) is 0 Å². The van der Waals surface area contributed by atoms with Gasteiger partial charge in [-0.3, -0.25) is 4.72 Å². The summed E-state index contributed by atoms with van der Waals surface area (Å²) in [5.41, 5.74) is 0.370. The van der Waals surface area contributed by atoms with Crippen LogP contribution in [-0.2, 0) is 10.0 Å². The zero-order valence-electron chi connectivity index (χ0n) is 9.78. The van der Waals surface area contributed by atoms with Crippen LogP contribution in [0.4, 0.5) is 24.5 Å². The molecule has 0 atom stereocenters. The lowest BCUT2D eigenvalue weighted by molar-refractivity contribution is -0.0429. The number of nitrogens with one attached hydrogen (secondary N) is 1. The lowest BCUT2D eigenvalue weighted by atomic mass is 10.3. The first-order valence-corrected chi connectivity index (χ1v) is 7.15. The van der Waals surface area contributed by atoms with Gasteiger partial charge in [-0.05, 0) is 30.0 Å². The van der Waals surface area contributed by atoms with Crippen molar-refractivity contribution in [3.05, 3.63) is 29.7 Å². The van der Waals surface area contributed by atoms with Gasteiger partial charge in [-0.25, -0.2) is 0 Å². The smallest absolute Gasteiger partial charge is 0.398 e. The van der Waals surface area contributed by atoms with E-state index in [0.29, 0.717) is 15.5 Å². The third-order valence-electron chi connectivity index (χ3n) is 1.85. The minimum atomic E-state index is -5.43. The number of benzene rings is 1. The summed E-state index contributed by atoms with van der Waals surface area (Å²) in [6.07, 6.45) is 0. The van der Waals surface area contributed by atoms with Gasteiger partial charge in [-0.2, -0.15) is 21.6 Å². The van der Waals surface area contributed by atoms with Gasteiger partial charge in [0, 0.05) is 10.6 Å². The number of allylic oxidation sites excluding steroid dienone is 1. The van der Waals surface area contributed by atoms with Gasteiger partial charge in [0.1, 0.15) is 0 Å². The molecule has 0 amide bonds. The van der Waals surface area contributed by atoms with Crippen LogP contribution in [-0.4, -0.2) is 13.9 Å². The number of anilines is 2. The summed E-state index contributed by atoms with van der Waals surface area (Å²) in [5.74, 6) is 0. The van der Waals surface area contributed by atoms with Crippen molar-refractivity contribution < 1.29 is 21.6 Å². The van der Waals surface area contributed by atoms with Crippen LogP contribution in [0.25, 0.3) is 0 Å². The SMILES string of the molecule is C=C(C)Sc1cc(NS(=O)(=O)C(F)(F)F)ccc1N. The van der Waals surface area contributed by atoms with E-state index in [4.69, 9.17) is 5.73 Å². The largest absolute Gasteiger partial charge is 0.516 e. The van der Waals surface area contributed by atoms with Crippen molar-refractivity contribution in [2.75, 3.05) is 10.5 Å². The van der Waals surface area contributed by atoms with Crippen LogP contribution in [0.1, 0.15) is 6.92 Å². The van der Waals surface area contributed by atoms with E-state index in [-0.39, 0.29) is 5.69 Å². The molecule has 0 fully saturated rings. The first-order valence-electron chi connectivity index (χ1n) is 4.85. The number of hydrogen-bond donors (Lipinski definition) is 2. The highest BCUT2D eigenvalue weighted by atomic mass is 32.2. The minimum absolute atomic E-state index is 0.213. The second kappa shape index (κ2) is 5.33. The Hall–Kier alpha value is -1.35. The number of hydrogen-bond acceptors (Lipinski definition) is 4. The van der Waals surface area contributed by atoms with Crippen LogP contribution in [0.3, 0.4) is 0 Å². The lowest BCUT2D eigenvalue weighted by Gasteiger charge is -2.12. The Morgan fingerprint density at radius 3 is 2.47 bits per heavy atom. The maximum Gasteiger partial charge on any atom is 0.516 e. The Morgan fingerprint density at radius 1 is 1.42 bits per heavy atom. The normalized spacial score (nSPS) is 12.2. The first kappa shape index (κ1) is 15.7. The first-order chi connectivity index (χ1) is 8.53. The summed E-state index contributed by atoms with van der Waals surface area (Å²) in [5, 5.41) is 0. The predicted octanol–water partition coefficient (Wildman–Crippen LogP) is 3.16. The fourth-order valence-corrected chi connectivity index (χ4v) is 2.39. The highest BCUT2D eigenvalue weighted by Crippen LogP contribution is 2.33. The molecule has 4 nitrogen and oxygen atoms in total. The lowest BCUT2D eigenvalue weighted by Crippen LogP contribution is -2.29. The summed E-state index contributed by atoms with van der Waals surface area (Å²) in [7, 11) is -5.43. The number of nitrogen functional groups attached to an aromatic ring is 1. The van der Waals surface area contributed by atoms with Crippen molar-refractivity contribution in [3.8, 4) is 0 Å². The molecule has 0 radical (unpaired) electrons. The topological polar surface area (TPSA) is 72.2 Å². The van der Waals surface area contributed by atoms with Gasteiger partial charge in [0.25, 0.3) is 0 Å². The van der Waals surface area contributed by atoms with Gasteiger partial charge >= 0.3 is 15.5 Å². The number of nitrogens with two attached hydrogens (primary N) is 1. The Morgan fingerprint density at radius 2 is 2.00 bits per heavy atom. The predicted molar refractivity (Wildman–Crippen MR) is 70.1 cm³/mol. The van der Waals surface area contributed by atoms with Gasteiger partial charge < -0.3 is 5.73 Å². The second-order valence-corrected chi connectivity index (χ2v) is 6.62. The van der Waals surface area contributed by atoms with Crippen LogP contribution in [0.15, 0.2) is 34.6 Å². The molecule has 0 aromatic heterocycles. The summed E-state index contributed by atoms with van der Waals surface area (Å²) in [6.45, 7) is 5.31. The molecule has 0 unspecified atom stereocenters. The van der Waals surface area contributed by atoms with Crippen LogP contribution in [0.5, 0.6) is 0 Å². The number of alkyl halides is 3. The van der Waals surface area contributed by atoms with Crippen molar-refractivity contribution in [2.24, 2.45) is 0 Å². The maximum atomic E-state index is 12.2. The average molecular weight is 312 g/mol. The maximum absolute atomic E-state index is 12.2. The Balaban J connectivity index is 3.08. The van der Waals surface area contributed by atoms with E-state index < -0.39 is 15.5 Å². The fourth-order valence-electron chi connectivity index (χ4n) is 1.09.